The second-order valence-corrected chi connectivity index (χ2v) is 6.45. The highest BCUT2D eigenvalue weighted by Crippen LogP contribution is 2.39. The summed E-state index contributed by atoms with van der Waals surface area (Å²) in [7, 11) is 0. The van der Waals surface area contributed by atoms with Gasteiger partial charge in [-0.25, -0.2) is 0 Å². The van der Waals surface area contributed by atoms with Crippen LogP contribution in [0.2, 0.25) is 0 Å². The molecule has 2 nitrogen and oxygen atoms in total. The van der Waals surface area contributed by atoms with Gasteiger partial charge in [-0.1, -0.05) is 48.5 Å². The van der Waals surface area contributed by atoms with E-state index in [4.69, 9.17) is 0 Å². The summed E-state index contributed by atoms with van der Waals surface area (Å²) < 4.78 is 2.37. The zero-order valence-corrected chi connectivity index (χ0v) is 13.2. The van der Waals surface area contributed by atoms with E-state index in [1.807, 2.05) is 6.07 Å². The van der Waals surface area contributed by atoms with E-state index >= 15 is 0 Å². The molecule has 1 atom stereocenters. The number of aryl methyl sites for hydroxylation is 2. The van der Waals surface area contributed by atoms with E-state index in [9.17, 15) is 4.79 Å². The van der Waals surface area contributed by atoms with Crippen molar-refractivity contribution in [3.05, 3.63) is 71.4 Å². The van der Waals surface area contributed by atoms with Crippen LogP contribution in [0.15, 0.2) is 54.6 Å². The molecule has 4 rings (SSSR count). The highest BCUT2D eigenvalue weighted by molar-refractivity contribution is 5.99. The predicted octanol–water partition coefficient (Wildman–Crippen LogP) is 4.96. The van der Waals surface area contributed by atoms with Crippen LogP contribution in [-0.2, 0) is 13.0 Å². The summed E-state index contributed by atoms with van der Waals surface area (Å²) >= 11 is 0. The first-order valence-corrected chi connectivity index (χ1v) is 8.48. The van der Waals surface area contributed by atoms with Gasteiger partial charge < -0.3 is 4.57 Å². The van der Waals surface area contributed by atoms with Crippen molar-refractivity contribution in [3.8, 4) is 0 Å². The fourth-order valence-electron chi connectivity index (χ4n) is 4.05. The predicted molar refractivity (Wildman–Crippen MR) is 94.1 cm³/mol. The van der Waals surface area contributed by atoms with Gasteiger partial charge in [0.25, 0.3) is 0 Å². The molecular weight excluding hydrogens is 282 g/mol. The third-order valence-corrected chi connectivity index (χ3v) is 5.12. The molecule has 3 aromatic rings. The van der Waals surface area contributed by atoms with Crippen molar-refractivity contribution in [2.75, 3.05) is 0 Å². The van der Waals surface area contributed by atoms with Crippen LogP contribution in [0, 0.1) is 0 Å². The van der Waals surface area contributed by atoms with Gasteiger partial charge in [-0.05, 0) is 37.3 Å². The quantitative estimate of drug-likeness (QED) is 0.610. The zero-order chi connectivity index (χ0) is 15.6. The molecule has 0 spiro atoms. The van der Waals surface area contributed by atoms with E-state index in [0.29, 0.717) is 5.92 Å². The average molecular weight is 303 g/mol. The third-order valence-electron chi connectivity index (χ3n) is 5.12. The number of benzene rings is 2. The van der Waals surface area contributed by atoms with Gasteiger partial charge in [0.1, 0.15) is 0 Å². The SMILES string of the molecule is O=Cc1c2n(c3ccccc13)CCC2CCCc1ccccc1. The second kappa shape index (κ2) is 6.04. The Bertz CT molecular complexity index is 832. The lowest BCUT2D eigenvalue weighted by Gasteiger charge is -2.10. The molecule has 0 fully saturated rings. The fraction of sp³-hybridized carbons (Fsp3) is 0.286. The molecule has 116 valence electrons. The van der Waals surface area contributed by atoms with Crippen molar-refractivity contribution < 1.29 is 4.79 Å². The number of carbonyl (C=O) groups is 1. The normalized spacial score (nSPS) is 16.6. The van der Waals surface area contributed by atoms with Gasteiger partial charge in [-0.2, -0.15) is 0 Å². The third kappa shape index (κ3) is 2.48. The van der Waals surface area contributed by atoms with Crippen molar-refractivity contribution in [2.45, 2.75) is 38.1 Å². The maximum atomic E-state index is 11.7. The summed E-state index contributed by atoms with van der Waals surface area (Å²) in [6.07, 6.45) is 5.67. The summed E-state index contributed by atoms with van der Waals surface area (Å²) in [6, 6.07) is 19.0. The summed E-state index contributed by atoms with van der Waals surface area (Å²) in [5, 5.41) is 1.12. The van der Waals surface area contributed by atoms with E-state index in [1.165, 1.54) is 23.2 Å². The van der Waals surface area contributed by atoms with Crippen LogP contribution in [0.4, 0.5) is 0 Å². The first kappa shape index (κ1) is 14.3. The molecular formula is C21H21NO. The van der Waals surface area contributed by atoms with Crippen LogP contribution < -0.4 is 0 Å². The molecule has 23 heavy (non-hydrogen) atoms. The number of aldehydes is 1. The molecule has 2 aromatic carbocycles. The van der Waals surface area contributed by atoms with Crippen LogP contribution in [0.25, 0.3) is 10.9 Å². The number of carbonyl (C=O) groups excluding carboxylic acids is 1. The molecule has 0 bridgehead atoms. The molecule has 0 aliphatic carbocycles. The summed E-state index contributed by atoms with van der Waals surface area (Å²) in [5.74, 6) is 0.520. The maximum Gasteiger partial charge on any atom is 0.152 e. The van der Waals surface area contributed by atoms with Gasteiger partial charge in [0.2, 0.25) is 0 Å². The minimum Gasteiger partial charge on any atom is -0.344 e. The highest BCUT2D eigenvalue weighted by Gasteiger charge is 2.28. The molecule has 2 heteroatoms. The Hall–Kier alpha value is -2.35. The maximum absolute atomic E-state index is 11.7. The van der Waals surface area contributed by atoms with E-state index in [1.54, 1.807) is 0 Å². The Labute approximate surface area is 136 Å². The van der Waals surface area contributed by atoms with Gasteiger partial charge >= 0.3 is 0 Å². The smallest absolute Gasteiger partial charge is 0.152 e. The minimum atomic E-state index is 0.520. The monoisotopic (exact) mass is 303 g/mol. The standard InChI is InChI=1S/C21H21NO/c23-15-19-18-11-4-5-12-20(18)22-14-13-17(21(19)22)10-6-9-16-7-2-1-3-8-16/h1-5,7-8,11-12,15,17H,6,9-10,13-14H2. The van der Waals surface area contributed by atoms with Crippen LogP contribution in [0.5, 0.6) is 0 Å². The number of fused-ring (bicyclic) bond motifs is 3. The van der Waals surface area contributed by atoms with Gasteiger partial charge in [-0.15, -0.1) is 0 Å². The average Bonchev–Trinajstić information content (AvgIpc) is 3.14. The molecule has 1 aliphatic heterocycles. The summed E-state index contributed by atoms with van der Waals surface area (Å²) in [4.78, 5) is 11.7. The molecule has 0 radical (unpaired) electrons. The van der Waals surface area contributed by atoms with Gasteiger partial charge in [0.05, 0.1) is 0 Å². The molecule has 0 saturated carbocycles. The number of hydrogen-bond acceptors (Lipinski definition) is 1. The molecule has 1 aliphatic rings. The fourth-order valence-corrected chi connectivity index (χ4v) is 4.05. The lowest BCUT2D eigenvalue weighted by molar-refractivity contribution is 0.112. The highest BCUT2D eigenvalue weighted by atomic mass is 16.1. The van der Waals surface area contributed by atoms with Crippen LogP contribution in [0.3, 0.4) is 0 Å². The van der Waals surface area contributed by atoms with Crippen LogP contribution in [0.1, 0.15) is 46.8 Å². The summed E-state index contributed by atoms with van der Waals surface area (Å²) in [5.41, 5.74) is 4.81. The van der Waals surface area contributed by atoms with Crippen molar-refractivity contribution in [2.24, 2.45) is 0 Å². The van der Waals surface area contributed by atoms with Crippen LogP contribution >= 0.6 is 0 Å². The van der Waals surface area contributed by atoms with Gasteiger partial charge in [-0.3, -0.25) is 4.79 Å². The van der Waals surface area contributed by atoms with Gasteiger partial charge in [0.15, 0.2) is 6.29 Å². The van der Waals surface area contributed by atoms with Crippen molar-refractivity contribution in [1.82, 2.24) is 4.57 Å². The van der Waals surface area contributed by atoms with Gasteiger partial charge in [0, 0.05) is 34.6 Å². The molecule has 2 heterocycles. The van der Waals surface area contributed by atoms with E-state index in [0.717, 1.165) is 43.0 Å². The first-order chi connectivity index (χ1) is 11.4. The lowest BCUT2D eigenvalue weighted by atomic mass is 9.93. The van der Waals surface area contributed by atoms with Crippen molar-refractivity contribution in [1.29, 1.82) is 0 Å². The Balaban J connectivity index is 1.56. The van der Waals surface area contributed by atoms with E-state index < -0.39 is 0 Å². The number of para-hydroxylation sites is 1. The van der Waals surface area contributed by atoms with E-state index in [2.05, 4.69) is 53.1 Å². The number of nitrogens with zero attached hydrogens (tertiary/aromatic N) is 1. The van der Waals surface area contributed by atoms with Crippen molar-refractivity contribution >= 4 is 17.2 Å². The topological polar surface area (TPSA) is 22.0 Å². The molecule has 0 N–H and O–H groups in total. The van der Waals surface area contributed by atoms with Crippen LogP contribution in [-0.4, -0.2) is 10.9 Å². The first-order valence-electron chi connectivity index (χ1n) is 8.48. The Morgan fingerprint density at radius 3 is 2.65 bits per heavy atom. The Kier molecular flexibility index (Phi) is 3.74. The second-order valence-electron chi connectivity index (χ2n) is 6.45. The number of aromatic nitrogens is 1. The molecule has 1 unspecified atom stereocenters. The number of rotatable bonds is 5. The van der Waals surface area contributed by atoms with E-state index in [-0.39, 0.29) is 0 Å². The molecule has 0 saturated heterocycles. The number of hydrogen-bond donors (Lipinski definition) is 0. The zero-order valence-electron chi connectivity index (χ0n) is 13.2. The Morgan fingerprint density at radius 1 is 1.04 bits per heavy atom. The van der Waals surface area contributed by atoms with Crippen molar-refractivity contribution in [3.63, 3.8) is 0 Å². The molecule has 0 amide bonds. The minimum absolute atomic E-state index is 0.520. The molecule has 1 aromatic heterocycles. The lowest BCUT2D eigenvalue weighted by Crippen LogP contribution is -1.99. The Morgan fingerprint density at radius 2 is 1.83 bits per heavy atom. The summed E-state index contributed by atoms with van der Waals surface area (Å²) in [6.45, 7) is 1.04. The largest absolute Gasteiger partial charge is 0.344 e.